The van der Waals surface area contributed by atoms with Crippen LogP contribution in [0.3, 0.4) is 0 Å². The summed E-state index contributed by atoms with van der Waals surface area (Å²) in [6.45, 7) is 6.86. The number of quaternary nitrogens is 1. The predicted molar refractivity (Wildman–Crippen MR) is 327 cm³/mol. The molecule has 2 N–H and O–H groups in total. The number of ether oxygens (including phenoxy) is 1. The largest absolute Gasteiger partial charge is 0.472 e. The van der Waals surface area contributed by atoms with Crippen LogP contribution in [-0.2, 0) is 27.9 Å². The first-order chi connectivity index (χ1) is 36.9. The number of amides is 1. The van der Waals surface area contributed by atoms with E-state index in [0.29, 0.717) is 23.9 Å². The number of phosphoric ester groups is 1. The molecule has 0 heterocycles. The van der Waals surface area contributed by atoms with Crippen LogP contribution in [0, 0.1) is 0 Å². The highest BCUT2D eigenvalue weighted by molar-refractivity contribution is 7.47. The standard InChI is InChI=1S/C66H117N2O7P/c1-7-10-13-16-19-22-25-27-29-30-31-32-33-34-35-36-37-38-39-41-44-47-50-53-56-59-66(70)75-64(57-54-51-48-45-42-24-21-18-15-12-9-3)63(62-74-76(71,72)73-61-60-68(4,5)6)67-65(69)58-55-52-49-46-43-40-28-26-23-20-17-14-11-8-2/h10,13,19,22,27,29,31-32,34-35,37-38,40,43,54,57,63-64H,7-9,11-12,14-18,20-21,23-26,28,30,33,36,39,41-42,44-53,55-56,58-62H2,1-6H3,(H-,67,69,71,72)/p+1/b13-10-,22-19-,29-27-,32-31-,35-34-,38-37-,43-40-,57-54-. The molecule has 0 aliphatic carbocycles. The molecule has 10 heteroatoms. The Morgan fingerprint density at radius 1 is 0.474 bits per heavy atom. The van der Waals surface area contributed by atoms with Gasteiger partial charge in [-0.05, 0) is 109 Å². The van der Waals surface area contributed by atoms with Crippen LogP contribution in [0.2, 0.25) is 0 Å². The average molecular weight is 1080 g/mol. The van der Waals surface area contributed by atoms with Crippen molar-refractivity contribution in [2.45, 2.75) is 270 Å². The fourth-order valence-electron chi connectivity index (χ4n) is 8.47. The molecule has 0 spiro atoms. The van der Waals surface area contributed by atoms with E-state index in [0.717, 1.165) is 128 Å². The minimum atomic E-state index is -4.46. The van der Waals surface area contributed by atoms with Crippen molar-refractivity contribution in [2.75, 3.05) is 40.9 Å². The van der Waals surface area contributed by atoms with Crippen LogP contribution in [0.4, 0.5) is 0 Å². The summed E-state index contributed by atoms with van der Waals surface area (Å²) >= 11 is 0. The highest BCUT2D eigenvalue weighted by Crippen LogP contribution is 2.43. The average Bonchev–Trinajstić information content (AvgIpc) is 3.38. The summed E-state index contributed by atoms with van der Waals surface area (Å²) in [4.78, 5) is 37.6. The van der Waals surface area contributed by atoms with Gasteiger partial charge < -0.3 is 19.4 Å². The van der Waals surface area contributed by atoms with E-state index >= 15 is 0 Å². The zero-order valence-corrected chi connectivity index (χ0v) is 50.9. The molecule has 1 amide bonds. The van der Waals surface area contributed by atoms with Crippen LogP contribution in [-0.4, -0.2) is 74.3 Å². The third-order valence-corrected chi connectivity index (χ3v) is 14.2. The Bertz CT molecular complexity index is 1620. The number of hydrogen-bond acceptors (Lipinski definition) is 6. The number of nitrogens with one attached hydrogen (secondary N) is 1. The predicted octanol–water partition coefficient (Wildman–Crippen LogP) is 19.2. The highest BCUT2D eigenvalue weighted by atomic mass is 31.2. The van der Waals surface area contributed by atoms with E-state index in [4.69, 9.17) is 13.8 Å². The van der Waals surface area contributed by atoms with Crippen molar-refractivity contribution in [3.05, 3.63) is 97.2 Å². The molecule has 438 valence electrons. The van der Waals surface area contributed by atoms with Gasteiger partial charge in [-0.3, -0.25) is 18.6 Å². The lowest BCUT2D eigenvalue weighted by Gasteiger charge is -2.27. The molecule has 0 rings (SSSR count). The first kappa shape index (κ1) is 72.9. The number of hydrogen-bond donors (Lipinski definition) is 2. The molecule has 0 saturated carbocycles. The van der Waals surface area contributed by atoms with Crippen molar-refractivity contribution in [3.63, 3.8) is 0 Å². The molecule has 3 unspecified atom stereocenters. The van der Waals surface area contributed by atoms with Crippen molar-refractivity contribution in [2.24, 2.45) is 0 Å². The summed E-state index contributed by atoms with van der Waals surface area (Å²) in [5.41, 5.74) is 0. The molecular weight excluding hydrogens is 964 g/mol. The van der Waals surface area contributed by atoms with E-state index < -0.39 is 20.0 Å². The summed E-state index contributed by atoms with van der Waals surface area (Å²) in [6, 6.07) is -0.867. The van der Waals surface area contributed by atoms with Crippen LogP contribution >= 0.6 is 7.82 Å². The van der Waals surface area contributed by atoms with Crippen LogP contribution in [0.5, 0.6) is 0 Å². The Labute approximate surface area is 468 Å². The summed E-state index contributed by atoms with van der Waals surface area (Å²) in [5, 5.41) is 3.04. The second-order valence-electron chi connectivity index (χ2n) is 21.8. The summed E-state index contributed by atoms with van der Waals surface area (Å²) in [5.74, 6) is -0.544. The molecule has 0 radical (unpaired) electrons. The molecule has 0 aliphatic rings. The summed E-state index contributed by atoms with van der Waals surface area (Å²) < 4.78 is 30.6. The van der Waals surface area contributed by atoms with Gasteiger partial charge in [-0.25, -0.2) is 4.57 Å². The van der Waals surface area contributed by atoms with E-state index in [1.54, 1.807) is 0 Å². The van der Waals surface area contributed by atoms with Gasteiger partial charge in [-0.1, -0.05) is 234 Å². The van der Waals surface area contributed by atoms with E-state index in [1.165, 1.54) is 89.9 Å². The second-order valence-corrected chi connectivity index (χ2v) is 23.3. The molecule has 0 aromatic heterocycles. The highest BCUT2D eigenvalue weighted by Gasteiger charge is 2.30. The van der Waals surface area contributed by atoms with Crippen LogP contribution in [0.25, 0.3) is 0 Å². The second kappa shape index (κ2) is 55.3. The number of carbonyl (C=O) groups excluding carboxylic acids is 2. The van der Waals surface area contributed by atoms with Crippen molar-refractivity contribution in [1.82, 2.24) is 5.32 Å². The first-order valence-corrected chi connectivity index (χ1v) is 32.6. The molecule has 0 saturated heterocycles. The van der Waals surface area contributed by atoms with Gasteiger partial charge in [-0.15, -0.1) is 0 Å². The lowest BCUT2D eigenvalue weighted by Crippen LogP contribution is -2.47. The van der Waals surface area contributed by atoms with E-state index in [9.17, 15) is 19.0 Å². The normalized spacial score (nSPS) is 14.4. The van der Waals surface area contributed by atoms with Gasteiger partial charge in [0.2, 0.25) is 5.91 Å². The van der Waals surface area contributed by atoms with Crippen molar-refractivity contribution < 1.29 is 37.3 Å². The summed E-state index contributed by atoms with van der Waals surface area (Å²) in [6.07, 6.45) is 74.1. The van der Waals surface area contributed by atoms with Gasteiger partial charge in [0.15, 0.2) is 0 Å². The number of likely N-dealkylation sites (N-methyl/N-ethyl adjacent to an activating group) is 1. The minimum Gasteiger partial charge on any atom is -0.456 e. The smallest absolute Gasteiger partial charge is 0.456 e. The molecular formula is C66H118N2O7P+. The SMILES string of the molecule is CC/C=C\C/C=C\C/C=C\C/C=C\C/C=C\C/C=C\CCCCCCCCC(=O)OC(/C=C\CCCCCCCCCCC)C(COP(=O)(O)OCC[N+](C)(C)C)NC(=O)CCCCC/C=C\CCCCCCCCC. The Morgan fingerprint density at radius 2 is 0.842 bits per heavy atom. The summed E-state index contributed by atoms with van der Waals surface area (Å²) in [7, 11) is 1.47. The maximum absolute atomic E-state index is 13.5. The maximum Gasteiger partial charge on any atom is 0.472 e. The van der Waals surface area contributed by atoms with Crippen LogP contribution in [0.15, 0.2) is 97.2 Å². The Kier molecular flexibility index (Phi) is 53.0. The van der Waals surface area contributed by atoms with E-state index in [1.807, 2.05) is 33.3 Å². The Morgan fingerprint density at radius 3 is 1.29 bits per heavy atom. The fourth-order valence-corrected chi connectivity index (χ4v) is 9.20. The molecule has 9 nitrogen and oxygen atoms in total. The lowest BCUT2D eigenvalue weighted by molar-refractivity contribution is -0.870. The molecule has 0 bridgehead atoms. The van der Waals surface area contributed by atoms with Crippen LogP contribution < -0.4 is 5.32 Å². The number of allylic oxidation sites excluding steroid dienone is 15. The van der Waals surface area contributed by atoms with Gasteiger partial charge in [-0.2, -0.15) is 0 Å². The number of phosphoric acid groups is 1. The van der Waals surface area contributed by atoms with Crippen molar-refractivity contribution in [3.8, 4) is 0 Å². The topological polar surface area (TPSA) is 111 Å². The quantitative estimate of drug-likeness (QED) is 0.0205. The molecule has 0 fully saturated rings. The Hall–Kier alpha value is -3.07. The van der Waals surface area contributed by atoms with Gasteiger partial charge in [0.05, 0.1) is 33.8 Å². The van der Waals surface area contributed by atoms with E-state index in [2.05, 4.69) is 111 Å². The van der Waals surface area contributed by atoms with Gasteiger partial charge in [0.1, 0.15) is 19.3 Å². The van der Waals surface area contributed by atoms with Gasteiger partial charge in [0, 0.05) is 12.8 Å². The van der Waals surface area contributed by atoms with Crippen molar-refractivity contribution in [1.29, 1.82) is 0 Å². The fraction of sp³-hybridized carbons (Fsp3) is 0.727. The maximum atomic E-state index is 13.5. The zero-order valence-electron chi connectivity index (χ0n) is 50.0. The Balaban J connectivity index is 5.20. The minimum absolute atomic E-state index is 0.0309. The zero-order chi connectivity index (χ0) is 55.7. The number of unbranched alkanes of at least 4 members (excludes halogenated alkanes) is 25. The number of rotatable bonds is 55. The molecule has 0 aromatic rings. The third kappa shape index (κ3) is 55.7. The number of esters is 1. The molecule has 0 aromatic carbocycles. The number of nitrogens with zero attached hydrogens (tertiary/aromatic N) is 1. The number of carbonyl (C=O) groups is 2. The third-order valence-electron chi connectivity index (χ3n) is 13.3. The van der Waals surface area contributed by atoms with Gasteiger partial charge in [0.25, 0.3) is 0 Å². The monoisotopic (exact) mass is 1080 g/mol. The molecule has 3 atom stereocenters. The first-order valence-electron chi connectivity index (χ1n) is 31.1. The van der Waals surface area contributed by atoms with E-state index in [-0.39, 0.29) is 31.5 Å². The molecule has 0 aliphatic heterocycles. The lowest BCUT2D eigenvalue weighted by atomic mass is 10.1. The molecule has 76 heavy (non-hydrogen) atoms. The van der Waals surface area contributed by atoms with Crippen LogP contribution in [0.1, 0.15) is 258 Å². The van der Waals surface area contributed by atoms with Gasteiger partial charge >= 0.3 is 13.8 Å². The van der Waals surface area contributed by atoms with Crippen molar-refractivity contribution >= 4 is 19.7 Å².